The van der Waals surface area contributed by atoms with Crippen LogP contribution in [0, 0.1) is 0 Å². The highest BCUT2D eigenvalue weighted by molar-refractivity contribution is 5.69. The second-order valence-corrected chi connectivity index (χ2v) is 4.04. The van der Waals surface area contributed by atoms with Crippen molar-refractivity contribution in [3.63, 3.8) is 0 Å². The Bertz CT molecular complexity index is 233. The van der Waals surface area contributed by atoms with Crippen LogP contribution in [-0.4, -0.2) is 25.2 Å². The summed E-state index contributed by atoms with van der Waals surface area (Å²) >= 11 is 0. The van der Waals surface area contributed by atoms with Gasteiger partial charge in [0.25, 0.3) is 0 Å². The lowest BCUT2D eigenvalue weighted by Gasteiger charge is -2.01. The van der Waals surface area contributed by atoms with E-state index in [0.717, 1.165) is 25.7 Å². The molecular weight excluding hydrogens is 232 g/mol. The highest BCUT2D eigenvalue weighted by Crippen LogP contribution is 1.97. The number of carbonyl (C=O) groups excluding carboxylic acids is 2. The fourth-order valence-electron chi connectivity index (χ4n) is 1.20. The van der Waals surface area contributed by atoms with Gasteiger partial charge < -0.3 is 9.47 Å². The second kappa shape index (κ2) is 12.1. The number of unbranched alkanes of at least 4 members (excludes halogenated alkanes) is 2. The van der Waals surface area contributed by atoms with Crippen molar-refractivity contribution in [2.75, 3.05) is 13.2 Å². The molecule has 0 N–H and O–H groups in total. The summed E-state index contributed by atoms with van der Waals surface area (Å²) in [5.74, 6) is -0.358. The van der Waals surface area contributed by atoms with E-state index < -0.39 is 0 Å². The predicted octanol–water partition coefficient (Wildman–Crippen LogP) is 3.01. The minimum Gasteiger partial charge on any atom is -0.461 e. The van der Waals surface area contributed by atoms with Crippen LogP contribution in [0.4, 0.5) is 0 Å². The molecule has 0 rings (SSSR count). The van der Waals surface area contributed by atoms with Crippen LogP contribution in [0.5, 0.6) is 0 Å². The topological polar surface area (TPSA) is 52.6 Å². The predicted molar refractivity (Wildman–Crippen MR) is 70.1 cm³/mol. The Morgan fingerprint density at radius 3 is 1.56 bits per heavy atom. The normalized spacial score (nSPS) is 10.6. The van der Waals surface area contributed by atoms with Crippen molar-refractivity contribution in [3.8, 4) is 0 Å². The van der Waals surface area contributed by atoms with Crippen LogP contribution >= 0.6 is 0 Å². The van der Waals surface area contributed by atoms with E-state index >= 15 is 0 Å². The third kappa shape index (κ3) is 11.2. The molecule has 0 saturated carbocycles. The summed E-state index contributed by atoms with van der Waals surface area (Å²) < 4.78 is 9.90. The van der Waals surface area contributed by atoms with Crippen molar-refractivity contribution in [1.29, 1.82) is 0 Å². The number of hydrogen-bond donors (Lipinski definition) is 0. The molecule has 0 aromatic rings. The molecule has 4 heteroatoms. The van der Waals surface area contributed by atoms with Gasteiger partial charge in [-0.1, -0.05) is 26.7 Å². The Hall–Kier alpha value is -1.32. The summed E-state index contributed by atoms with van der Waals surface area (Å²) in [7, 11) is 0. The Morgan fingerprint density at radius 1 is 0.833 bits per heavy atom. The first-order valence-corrected chi connectivity index (χ1v) is 6.66. The van der Waals surface area contributed by atoms with Gasteiger partial charge in [0.15, 0.2) is 0 Å². The molecule has 0 unspecified atom stereocenters. The van der Waals surface area contributed by atoms with Crippen molar-refractivity contribution < 1.29 is 19.1 Å². The maximum absolute atomic E-state index is 11.1. The van der Waals surface area contributed by atoms with Gasteiger partial charge in [-0.3, -0.25) is 9.59 Å². The standard InChI is InChI=1S/C14H24O4/c1-3-5-9-13(15)17-11-7-8-12-18-14(16)10-6-4-2/h7-8H,3-6,9-12H2,1-2H3. The third-order valence-electron chi connectivity index (χ3n) is 2.32. The number of carbonyl (C=O) groups is 2. The maximum Gasteiger partial charge on any atom is 0.306 e. The zero-order valence-corrected chi connectivity index (χ0v) is 11.4. The molecule has 4 nitrogen and oxygen atoms in total. The van der Waals surface area contributed by atoms with Crippen molar-refractivity contribution in [3.05, 3.63) is 12.2 Å². The van der Waals surface area contributed by atoms with Gasteiger partial charge in [-0.2, -0.15) is 0 Å². The van der Waals surface area contributed by atoms with Crippen LogP contribution in [0.15, 0.2) is 12.2 Å². The molecule has 0 amide bonds. The fraction of sp³-hybridized carbons (Fsp3) is 0.714. The average Bonchev–Trinajstić information content (AvgIpc) is 2.37. The van der Waals surface area contributed by atoms with Crippen molar-refractivity contribution in [1.82, 2.24) is 0 Å². The lowest BCUT2D eigenvalue weighted by Crippen LogP contribution is -2.05. The van der Waals surface area contributed by atoms with Crippen LogP contribution < -0.4 is 0 Å². The minimum atomic E-state index is -0.179. The molecule has 0 aliphatic carbocycles. The summed E-state index contributed by atoms with van der Waals surface area (Å²) in [4.78, 5) is 22.2. The quantitative estimate of drug-likeness (QED) is 0.445. The van der Waals surface area contributed by atoms with Gasteiger partial charge in [-0.05, 0) is 25.0 Å². The van der Waals surface area contributed by atoms with E-state index in [1.807, 2.05) is 13.8 Å². The molecule has 0 fully saturated rings. The van der Waals surface area contributed by atoms with Gasteiger partial charge in [-0.15, -0.1) is 0 Å². The largest absolute Gasteiger partial charge is 0.461 e. The molecule has 0 aromatic carbocycles. The molecule has 104 valence electrons. The summed E-state index contributed by atoms with van der Waals surface area (Å²) in [5, 5.41) is 0. The van der Waals surface area contributed by atoms with Gasteiger partial charge >= 0.3 is 11.9 Å². The molecular formula is C14H24O4. The van der Waals surface area contributed by atoms with Crippen LogP contribution in [0.25, 0.3) is 0 Å². The molecule has 0 aliphatic heterocycles. The summed E-state index contributed by atoms with van der Waals surface area (Å²) in [6, 6.07) is 0. The van der Waals surface area contributed by atoms with Gasteiger partial charge in [0.2, 0.25) is 0 Å². The summed E-state index contributed by atoms with van der Waals surface area (Å²) in [6.45, 7) is 4.55. The number of esters is 2. The Balaban J connectivity index is 3.43. The first-order valence-electron chi connectivity index (χ1n) is 6.66. The highest BCUT2D eigenvalue weighted by atomic mass is 16.5. The van der Waals surface area contributed by atoms with Gasteiger partial charge in [0.05, 0.1) is 0 Å². The lowest BCUT2D eigenvalue weighted by molar-refractivity contribution is -0.143. The number of ether oxygens (including phenoxy) is 2. The van der Waals surface area contributed by atoms with Gasteiger partial charge in [0, 0.05) is 12.8 Å². The lowest BCUT2D eigenvalue weighted by atomic mass is 10.2. The second-order valence-electron chi connectivity index (χ2n) is 4.04. The summed E-state index contributed by atoms with van der Waals surface area (Å²) in [6.07, 6.45) is 8.01. The molecule has 0 aliphatic rings. The zero-order chi connectivity index (χ0) is 13.6. The van der Waals surface area contributed by atoms with E-state index in [4.69, 9.17) is 9.47 Å². The molecule has 18 heavy (non-hydrogen) atoms. The summed E-state index contributed by atoms with van der Waals surface area (Å²) in [5.41, 5.74) is 0. The average molecular weight is 256 g/mol. The number of rotatable bonds is 10. The maximum atomic E-state index is 11.1. The fourth-order valence-corrected chi connectivity index (χ4v) is 1.20. The van der Waals surface area contributed by atoms with E-state index in [9.17, 15) is 9.59 Å². The highest BCUT2D eigenvalue weighted by Gasteiger charge is 2.00. The molecule has 0 atom stereocenters. The molecule has 0 bridgehead atoms. The molecule has 0 saturated heterocycles. The third-order valence-corrected chi connectivity index (χ3v) is 2.32. The van der Waals surface area contributed by atoms with Gasteiger partial charge in [0.1, 0.15) is 13.2 Å². The first-order chi connectivity index (χ1) is 8.70. The smallest absolute Gasteiger partial charge is 0.306 e. The Kier molecular flexibility index (Phi) is 11.3. The molecule has 0 aromatic heterocycles. The molecule has 0 heterocycles. The van der Waals surface area contributed by atoms with E-state index in [0.29, 0.717) is 12.8 Å². The van der Waals surface area contributed by atoms with Crippen molar-refractivity contribution in [2.45, 2.75) is 52.4 Å². The van der Waals surface area contributed by atoms with Crippen molar-refractivity contribution >= 4 is 11.9 Å². The van der Waals surface area contributed by atoms with Crippen molar-refractivity contribution in [2.24, 2.45) is 0 Å². The monoisotopic (exact) mass is 256 g/mol. The minimum absolute atomic E-state index is 0.179. The van der Waals surface area contributed by atoms with Crippen LogP contribution in [0.3, 0.4) is 0 Å². The van der Waals surface area contributed by atoms with E-state index in [-0.39, 0.29) is 25.2 Å². The van der Waals surface area contributed by atoms with E-state index in [1.165, 1.54) is 0 Å². The zero-order valence-electron chi connectivity index (χ0n) is 11.4. The number of hydrogen-bond acceptors (Lipinski definition) is 4. The van der Waals surface area contributed by atoms with Crippen LogP contribution in [-0.2, 0) is 19.1 Å². The van der Waals surface area contributed by atoms with E-state index in [2.05, 4.69) is 0 Å². The van der Waals surface area contributed by atoms with Crippen LogP contribution in [0.2, 0.25) is 0 Å². The van der Waals surface area contributed by atoms with Gasteiger partial charge in [-0.25, -0.2) is 0 Å². The van der Waals surface area contributed by atoms with E-state index in [1.54, 1.807) is 12.2 Å². The van der Waals surface area contributed by atoms with Crippen LogP contribution in [0.1, 0.15) is 52.4 Å². The molecule has 0 radical (unpaired) electrons. The Labute approximate surface area is 109 Å². The molecule has 0 spiro atoms. The SMILES string of the molecule is CCCCC(=O)OCC=CCOC(=O)CCCC. The first kappa shape index (κ1) is 16.7. The Morgan fingerprint density at radius 2 is 1.22 bits per heavy atom.